The first-order chi connectivity index (χ1) is 7.88. The molecule has 1 aromatic heterocycles. The van der Waals surface area contributed by atoms with Gasteiger partial charge in [0.15, 0.2) is 0 Å². The summed E-state index contributed by atoms with van der Waals surface area (Å²) < 4.78 is 5.77. The Hall–Kier alpha value is -0.0600. The molecule has 0 unspecified atom stereocenters. The zero-order chi connectivity index (χ0) is 11.2. The van der Waals surface area contributed by atoms with Crippen LogP contribution in [0.3, 0.4) is 0 Å². The first kappa shape index (κ1) is 12.4. The molecule has 1 aliphatic carbocycles. The highest BCUT2D eigenvalue weighted by Gasteiger charge is 2.19. The number of alkyl halides is 1. The fraction of sp³-hybridized carbons (Fsp3) is 0.385. The van der Waals surface area contributed by atoms with Gasteiger partial charge in [-0.3, -0.25) is 0 Å². The minimum Gasteiger partial charge on any atom is -0.237 e. The Morgan fingerprint density at radius 3 is 2.75 bits per heavy atom. The Bertz CT molecular complexity index is 303. The third-order valence-electron chi connectivity index (χ3n) is 2.64. The van der Waals surface area contributed by atoms with E-state index >= 15 is 0 Å². The molecule has 16 heavy (non-hydrogen) atoms. The van der Waals surface area contributed by atoms with Gasteiger partial charge in [-0.15, -0.1) is 0 Å². The molecular formula is C13H17IN2+. The van der Waals surface area contributed by atoms with Gasteiger partial charge in [0.2, 0.25) is 6.33 Å². The number of unbranched alkanes of at least 4 members (excludes halogenated alkanes) is 1. The molecule has 1 aromatic rings. The zero-order valence-corrected chi connectivity index (χ0v) is 11.5. The van der Waals surface area contributed by atoms with Crippen LogP contribution in [0.1, 0.15) is 12.8 Å². The van der Waals surface area contributed by atoms with Crippen LogP contribution in [0.4, 0.5) is 0 Å². The predicted octanol–water partition coefficient (Wildman–Crippen LogP) is 2.40. The van der Waals surface area contributed by atoms with E-state index in [1.54, 1.807) is 0 Å². The van der Waals surface area contributed by atoms with Crippen LogP contribution in [0.5, 0.6) is 0 Å². The number of aryl methyl sites for hydroxylation is 1. The van der Waals surface area contributed by atoms with Gasteiger partial charge in [0.05, 0.1) is 13.1 Å². The molecule has 1 aliphatic rings. The molecule has 85 valence electrons. The normalized spacial score (nSPS) is 17.1. The van der Waals surface area contributed by atoms with Gasteiger partial charge in [-0.1, -0.05) is 22.6 Å². The van der Waals surface area contributed by atoms with Gasteiger partial charge in [0, 0.05) is 5.92 Å². The molecule has 1 saturated carbocycles. The highest BCUT2D eigenvalue weighted by atomic mass is 127. The van der Waals surface area contributed by atoms with Crippen molar-refractivity contribution in [2.75, 3.05) is 4.43 Å². The Balaban J connectivity index is 1.77. The van der Waals surface area contributed by atoms with Crippen LogP contribution in [0, 0.1) is 31.6 Å². The highest BCUT2D eigenvalue weighted by Crippen LogP contribution is 2.22. The summed E-state index contributed by atoms with van der Waals surface area (Å²) in [5.74, 6) is 1.37. The lowest BCUT2D eigenvalue weighted by atomic mass is 10.1. The molecule has 0 bridgehead atoms. The van der Waals surface area contributed by atoms with Crippen LogP contribution in [-0.4, -0.2) is 8.99 Å². The highest BCUT2D eigenvalue weighted by molar-refractivity contribution is 14.1. The second-order valence-corrected chi connectivity index (χ2v) is 5.09. The van der Waals surface area contributed by atoms with E-state index in [1.807, 2.05) is 0 Å². The van der Waals surface area contributed by atoms with E-state index in [2.05, 4.69) is 76.1 Å². The summed E-state index contributed by atoms with van der Waals surface area (Å²) in [6.07, 6.45) is 17.6. The van der Waals surface area contributed by atoms with Crippen molar-refractivity contribution >= 4 is 22.6 Å². The average Bonchev–Trinajstić information content (AvgIpc) is 2.91. The second-order valence-electron chi connectivity index (χ2n) is 4.01. The van der Waals surface area contributed by atoms with Gasteiger partial charge in [0.25, 0.3) is 0 Å². The Labute approximate surface area is 112 Å². The van der Waals surface area contributed by atoms with Gasteiger partial charge in [-0.2, -0.15) is 0 Å². The minimum absolute atomic E-state index is 0.978. The molecule has 1 heterocycles. The number of aromatic nitrogens is 2. The maximum atomic E-state index is 2.44. The largest absolute Gasteiger partial charge is 0.243 e. The van der Waals surface area contributed by atoms with Crippen molar-refractivity contribution < 1.29 is 4.57 Å². The monoisotopic (exact) mass is 328 g/mol. The van der Waals surface area contributed by atoms with E-state index in [0.717, 1.165) is 13.1 Å². The summed E-state index contributed by atoms with van der Waals surface area (Å²) in [6, 6.07) is 0. The molecule has 0 atom stereocenters. The first-order valence-corrected chi connectivity index (χ1v) is 7.22. The van der Waals surface area contributed by atoms with E-state index in [-0.39, 0.29) is 0 Å². The van der Waals surface area contributed by atoms with E-state index in [0.29, 0.717) is 0 Å². The van der Waals surface area contributed by atoms with Crippen molar-refractivity contribution in [2.45, 2.75) is 25.9 Å². The summed E-state index contributed by atoms with van der Waals surface area (Å²) in [6.45, 7) is 2.11. The van der Waals surface area contributed by atoms with Crippen LogP contribution in [0.2, 0.25) is 0 Å². The van der Waals surface area contributed by atoms with Crippen molar-refractivity contribution in [1.82, 2.24) is 4.57 Å². The smallest absolute Gasteiger partial charge is 0.237 e. The molecule has 0 spiro atoms. The number of rotatable bonds is 6. The Kier molecular flexibility index (Phi) is 5.13. The summed E-state index contributed by atoms with van der Waals surface area (Å²) in [4.78, 5) is 0. The zero-order valence-electron chi connectivity index (χ0n) is 9.35. The molecule has 2 nitrogen and oxygen atoms in total. The minimum atomic E-state index is 0.978. The number of hydrogen-bond acceptors (Lipinski definition) is 0. The van der Waals surface area contributed by atoms with E-state index in [9.17, 15) is 0 Å². The summed E-state index contributed by atoms with van der Waals surface area (Å²) in [7, 11) is 0. The van der Waals surface area contributed by atoms with Crippen molar-refractivity contribution in [2.24, 2.45) is 0 Å². The van der Waals surface area contributed by atoms with Crippen molar-refractivity contribution in [3.05, 3.63) is 50.3 Å². The standard InChI is InChI=1S/C13H17IN2/c14-7-3-4-8-15-9-10-16(12-15)11-13-5-1-2-6-13/h1-2,5-6,9-10,12H,3-4,7-8,11H2/q+1. The Morgan fingerprint density at radius 1 is 1.19 bits per heavy atom. The lowest BCUT2D eigenvalue weighted by Crippen LogP contribution is -2.34. The molecule has 2 rings (SSSR count). The lowest BCUT2D eigenvalue weighted by Gasteiger charge is -2.02. The molecule has 3 heteroatoms. The maximum absolute atomic E-state index is 2.44. The van der Waals surface area contributed by atoms with Gasteiger partial charge in [-0.05, 0) is 43.0 Å². The van der Waals surface area contributed by atoms with E-state index in [4.69, 9.17) is 0 Å². The summed E-state index contributed by atoms with van der Waals surface area (Å²) in [5.41, 5.74) is 0. The number of imidazole rings is 1. The van der Waals surface area contributed by atoms with Crippen molar-refractivity contribution in [3.8, 4) is 0 Å². The predicted molar refractivity (Wildman–Crippen MR) is 73.2 cm³/mol. The Morgan fingerprint density at radius 2 is 2.00 bits per heavy atom. The van der Waals surface area contributed by atoms with Crippen molar-refractivity contribution in [1.29, 1.82) is 0 Å². The summed E-state index contributed by atoms with van der Waals surface area (Å²) in [5, 5.41) is 0. The molecule has 1 fully saturated rings. The van der Waals surface area contributed by atoms with E-state index in [1.165, 1.54) is 23.2 Å². The van der Waals surface area contributed by atoms with Gasteiger partial charge < -0.3 is 0 Å². The third-order valence-corrected chi connectivity index (χ3v) is 3.41. The van der Waals surface area contributed by atoms with Gasteiger partial charge in [0.1, 0.15) is 12.4 Å². The van der Waals surface area contributed by atoms with Crippen LogP contribution < -0.4 is 4.57 Å². The SMILES string of the molecule is ICCCCn1cc[n+](C[C]2[CH][CH][CH][CH]2)c1. The molecule has 0 saturated heterocycles. The molecule has 0 N–H and O–H groups in total. The first-order valence-electron chi connectivity index (χ1n) is 5.70. The van der Waals surface area contributed by atoms with Crippen LogP contribution in [0.25, 0.3) is 0 Å². The molecule has 0 aliphatic heterocycles. The number of halogens is 1. The van der Waals surface area contributed by atoms with Crippen molar-refractivity contribution in [3.63, 3.8) is 0 Å². The van der Waals surface area contributed by atoms with Gasteiger partial charge >= 0.3 is 0 Å². The molecule has 0 amide bonds. The van der Waals surface area contributed by atoms with Crippen LogP contribution in [0.15, 0.2) is 18.7 Å². The van der Waals surface area contributed by atoms with Crippen LogP contribution >= 0.6 is 22.6 Å². The second kappa shape index (κ2) is 6.62. The molecule has 5 radical (unpaired) electrons. The van der Waals surface area contributed by atoms with Crippen LogP contribution in [-0.2, 0) is 13.1 Å². The topological polar surface area (TPSA) is 8.81 Å². The summed E-state index contributed by atoms with van der Waals surface area (Å²) >= 11 is 2.44. The third kappa shape index (κ3) is 3.75. The fourth-order valence-corrected chi connectivity index (χ4v) is 2.32. The number of hydrogen-bond donors (Lipinski definition) is 0. The average molecular weight is 328 g/mol. The molecule has 0 aromatic carbocycles. The maximum Gasteiger partial charge on any atom is 0.243 e. The fourth-order valence-electron chi connectivity index (χ4n) is 1.78. The lowest BCUT2D eigenvalue weighted by molar-refractivity contribution is -0.691. The molecular weight excluding hydrogens is 311 g/mol. The number of nitrogens with zero attached hydrogens (tertiary/aromatic N) is 2. The van der Waals surface area contributed by atoms with Gasteiger partial charge in [-0.25, -0.2) is 9.13 Å². The quantitative estimate of drug-likeness (QED) is 0.328. The van der Waals surface area contributed by atoms with E-state index < -0.39 is 0 Å².